The molecule has 1 aliphatic rings. The lowest BCUT2D eigenvalue weighted by Crippen LogP contribution is -2.44. The van der Waals surface area contributed by atoms with Crippen LogP contribution in [-0.2, 0) is 4.74 Å². The fourth-order valence-corrected chi connectivity index (χ4v) is 3.13. The summed E-state index contributed by atoms with van der Waals surface area (Å²) in [6, 6.07) is 0.723. The molecule has 2 nitrogen and oxygen atoms in total. The molecule has 17 heavy (non-hydrogen) atoms. The van der Waals surface area contributed by atoms with Gasteiger partial charge in [-0.15, -0.1) is 0 Å². The van der Waals surface area contributed by atoms with Crippen molar-refractivity contribution in [1.82, 2.24) is 5.32 Å². The summed E-state index contributed by atoms with van der Waals surface area (Å²) in [6.45, 7) is 9.92. The molecule has 1 rings (SSSR count). The lowest BCUT2D eigenvalue weighted by molar-refractivity contribution is 0.0431. The Labute approximate surface area is 108 Å². The molecule has 1 saturated heterocycles. The Morgan fingerprint density at radius 2 is 1.88 bits per heavy atom. The van der Waals surface area contributed by atoms with Gasteiger partial charge in [-0.2, -0.15) is 0 Å². The minimum absolute atomic E-state index is 0.723. The molecule has 1 aliphatic heterocycles. The van der Waals surface area contributed by atoms with Gasteiger partial charge >= 0.3 is 0 Å². The van der Waals surface area contributed by atoms with Gasteiger partial charge in [-0.05, 0) is 37.6 Å². The Balaban J connectivity index is 2.53. The molecule has 0 aromatic heterocycles. The van der Waals surface area contributed by atoms with Crippen LogP contribution in [0, 0.1) is 11.8 Å². The van der Waals surface area contributed by atoms with Crippen molar-refractivity contribution in [2.45, 2.75) is 65.3 Å². The van der Waals surface area contributed by atoms with Crippen LogP contribution in [0.15, 0.2) is 0 Å². The van der Waals surface area contributed by atoms with Crippen molar-refractivity contribution in [2.75, 3.05) is 19.8 Å². The van der Waals surface area contributed by atoms with Gasteiger partial charge in [0.05, 0.1) is 0 Å². The summed E-state index contributed by atoms with van der Waals surface area (Å²) in [7, 11) is 0. The number of ether oxygens (including phenoxy) is 1. The van der Waals surface area contributed by atoms with E-state index >= 15 is 0 Å². The molecule has 102 valence electrons. The largest absolute Gasteiger partial charge is 0.381 e. The molecule has 1 heterocycles. The SMILES string of the molecule is CCCCC(CC)C(NCC)C1CCOCC1. The number of hydrogen-bond acceptors (Lipinski definition) is 2. The van der Waals surface area contributed by atoms with E-state index in [1.165, 1.54) is 38.5 Å². The summed E-state index contributed by atoms with van der Waals surface area (Å²) < 4.78 is 5.49. The molecule has 2 unspecified atom stereocenters. The molecule has 1 fully saturated rings. The van der Waals surface area contributed by atoms with Crippen LogP contribution in [-0.4, -0.2) is 25.8 Å². The van der Waals surface area contributed by atoms with E-state index in [9.17, 15) is 0 Å². The van der Waals surface area contributed by atoms with Gasteiger partial charge in [-0.1, -0.05) is 40.0 Å². The Kier molecular flexibility index (Phi) is 7.87. The van der Waals surface area contributed by atoms with E-state index < -0.39 is 0 Å². The molecule has 2 heteroatoms. The average Bonchev–Trinajstić information content (AvgIpc) is 2.39. The summed E-state index contributed by atoms with van der Waals surface area (Å²) in [6.07, 6.45) is 7.91. The molecule has 0 aromatic carbocycles. The van der Waals surface area contributed by atoms with Crippen LogP contribution in [0.25, 0.3) is 0 Å². The predicted octanol–water partition coefficient (Wildman–Crippen LogP) is 3.61. The molecular weight excluding hydrogens is 210 g/mol. The van der Waals surface area contributed by atoms with Crippen LogP contribution in [0.1, 0.15) is 59.3 Å². The Morgan fingerprint density at radius 1 is 1.18 bits per heavy atom. The minimum Gasteiger partial charge on any atom is -0.381 e. The van der Waals surface area contributed by atoms with E-state index in [4.69, 9.17) is 4.74 Å². The van der Waals surface area contributed by atoms with Crippen LogP contribution >= 0.6 is 0 Å². The highest BCUT2D eigenvalue weighted by Crippen LogP contribution is 2.28. The highest BCUT2D eigenvalue weighted by atomic mass is 16.5. The minimum atomic E-state index is 0.723. The molecule has 0 saturated carbocycles. The highest BCUT2D eigenvalue weighted by Gasteiger charge is 2.28. The maximum absolute atomic E-state index is 5.49. The average molecular weight is 241 g/mol. The topological polar surface area (TPSA) is 21.3 Å². The van der Waals surface area contributed by atoms with Gasteiger partial charge in [0, 0.05) is 19.3 Å². The van der Waals surface area contributed by atoms with E-state index in [2.05, 4.69) is 26.1 Å². The Bertz CT molecular complexity index is 178. The van der Waals surface area contributed by atoms with Gasteiger partial charge in [-0.25, -0.2) is 0 Å². The Morgan fingerprint density at radius 3 is 2.41 bits per heavy atom. The Hall–Kier alpha value is -0.0800. The van der Waals surface area contributed by atoms with E-state index in [1.807, 2.05) is 0 Å². The van der Waals surface area contributed by atoms with Crippen LogP contribution in [0.3, 0.4) is 0 Å². The van der Waals surface area contributed by atoms with Crippen LogP contribution in [0.5, 0.6) is 0 Å². The standard InChI is InChI=1S/C15H31NO/c1-4-7-8-13(5-2)15(16-6-3)14-9-11-17-12-10-14/h13-16H,4-12H2,1-3H3. The predicted molar refractivity (Wildman–Crippen MR) is 74.3 cm³/mol. The molecule has 0 aliphatic carbocycles. The second-order valence-corrected chi connectivity index (χ2v) is 5.34. The monoisotopic (exact) mass is 241 g/mol. The molecule has 0 bridgehead atoms. The maximum Gasteiger partial charge on any atom is 0.0469 e. The van der Waals surface area contributed by atoms with Crippen molar-refractivity contribution in [3.05, 3.63) is 0 Å². The van der Waals surface area contributed by atoms with Crippen molar-refractivity contribution in [3.63, 3.8) is 0 Å². The van der Waals surface area contributed by atoms with Crippen LogP contribution < -0.4 is 5.32 Å². The van der Waals surface area contributed by atoms with Crippen LogP contribution in [0.4, 0.5) is 0 Å². The summed E-state index contributed by atoms with van der Waals surface area (Å²) in [5, 5.41) is 3.76. The third-order valence-electron chi connectivity index (χ3n) is 4.17. The van der Waals surface area contributed by atoms with Gasteiger partial charge in [0.15, 0.2) is 0 Å². The molecule has 2 atom stereocenters. The molecule has 0 radical (unpaired) electrons. The zero-order chi connectivity index (χ0) is 12.5. The smallest absolute Gasteiger partial charge is 0.0469 e. The number of rotatable bonds is 8. The highest BCUT2D eigenvalue weighted by molar-refractivity contribution is 4.83. The molecule has 0 spiro atoms. The molecule has 0 amide bonds. The fourth-order valence-electron chi connectivity index (χ4n) is 3.13. The van der Waals surface area contributed by atoms with E-state index in [-0.39, 0.29) is 0 Å². The summed E-state index contributed by atoms with van der Waals surface area (Å²) in [5.41, 5.74) is 0. The van der Waals surface area contributed by atoms with E-state index in [0.29, 0.717) is 0 Å². The first-order chi connectivity index (χ1) is 8.33. The number of unbranched alkanes of at least 4 members (excludes halogenated alkanes) is 1. The van der Waals surface area contributed by atoms with Crippen molar-refractivity contribution in [3.8, 4) is 0 Å². The normalized spacial score (nSPS) is 21.4. The van der Waals surface area contributed by atoms with E-state index in [0.717, 1.165) is 37.6 Å². The summed E-state index contributed by atoms with van der Waals surface area (Å²) in [5.74, 6) is 1.70. The second-order valence-electron chi connectivity index (χ2n) is 5.34. The van der Waals surface area contributed by atoms with Gasteiger partial charge in [0.25, 0.3) is 0 Å². The molecule has 0 aromatic rings. The first-order valence-corrected chi connectivity index (χ1v) is 7.64. The lowest BCUT2D eigenvalue weighted by atomic mass is 9.80. The molecular formula is C15H31NO. The van der Waals surface area contributed by atoms with Crippen molar-refractivity contribution < 1.29 is 4.74 Å². The first-order valence-electron chi connectivity index (χ1n) is 7.64. The number of nitrogens with one attached hydrogen (secondary N) is 1. The maximum atomic E-state index is 5.49. The van der Waals surface area contributed by atoms with Crippen molar-refractivity contribution in [1.29, 1.82) is 0 Å². The quantitative estimate of drug-likeness (QED) is 0.701. The van der Waals surface area contributed by atoms with Crippen molar-refractivity contribution in [2.24, 2.45) is 11.8 Å². The van der Waals surface area contributed by atoms with Gasteiger partial charge in [0.2, 0.25) is 0 Å². The van der Waals surface area contributed by atoms with Crippen molar-refractivity contribution >= 4 is 0 Å². The zero-order valence-corrected chi connectivity index (χ0v) is 12.0. The summed E-state index contributed by atoms with van der Waals surface area (Å²) >= 11 is 0. The fraction of sp³-hybridized carbons (Fsp3) is 1.00. The zero-order valence-electron chi connectivity index (χ0n) is 12.0. The third-order valence-corrected chi connectivity index (χ3v) is 4.17. The first kappa shape index (κ1) is 15.0. The number of hydrogen-bond donors (Lipinski definition) is 1. The lowest BCUT2D eigenvalue weighted by Gasteiger charge is -2.36. The summed E-state index contributed by atoms with van der Waals surface area (Å²) in [4.78, 5) is 0. The second kappa shape index (κ2) is 8.93. The molecule has 1 N–H and O–H groups in total. The van der Waals surface area contributed by atoms with Gasteiger partial charge in [0.1, 0.15) is 0 Å². The van der Waals surface area contributed by atoms with E-state index in [1.54, 1.807) is 0 Å². The van der Waals surface area contributed by atoms with Crippen LogP contribution in [0.2, 0.25) is 0 Å². The third kappa shape index (κ3) is 4.97. The van der Waals surface area contributed by atoms with Gasteiger partial charge < -0.3 is 10.1 Å². The van der Waals surface area contributed by atoms with Gasteiger partial charge in [-0.3, -0.25) is 0 Å².